The van der Waals surface area contributed by atoms with Gasteiger partial charge in [0.2, 0.25) is 0 Å². The van der Waals surface area contributed by atoms with Crippen LogP contribution in [-0.4, -0.2) is 57.9 Å². The average Bonchev–Trinajstić information content (AvgIpc) is 3.30. The fraction of sp³-hybridized carbons (Fsp3) is 0.370. The van der Waals surface area contributed by atoms with Gasteiger partial charge in [0.05, 0.1) is 34.7 Å². The third-order valence-electron chi connectivity index (χ3n) is 7.23. The normalized spacial score (nSPS) is 17.6. The molecule has 6 rings (SSSR count). The molecule has 8 heteroatoms. The molecule has 0 saturated carbocycles. The lowest BCUT2D eigenvalue weighted by Crippen LogP contribution is -2.58. The van der Waals surface area contributed by atoms with E-state index >= 15 is 0 Å². The summed E-state index contributed by atoms with van der Waals surface area (Å²) in [5.41, 5.74) is 4.11. The summed E-state index contributed by atoms with van der Waals surface area (Å²) in [7, 11) is 0. The number of benzene rings is 2. The van der Waals surface area contributed by atoms with Gasteiger partial charge in [0.15, 0.2) is 0 Å². The Hall–Kier alpha value is -3.49. The van der Waals surface area contributed by atoms with Crippen LogP contribution in [-0.2, 0) is 11.3 Å². The van der Waals surface area contributed by atoms with Gasteiger partial charge in [-0.25, -0.2) is 0 Å². The van der Waals surface area contributed by atoms with E-state index in [4.69, 9.17) is 4.74 Å². The third kappa shape index (κ3) is 4.13. The Bertz CT molecular complexity index is 1450. The van der Waals surface area contributed by atoms with E-state index in [1.54, 1.807) is 6.20 Å². The fourth-order valence-electron chi connectivity index (χ4n) is 5.34. The number of aromatic nitrogens is 3. The van der Waals surface area contributed by atoms with Crippen molar-refractivity contribution in [2.24, 2.45) is 0 Å². The van der Waals surface area contributed by atoms with Crippen molar-refractivity contribution in [2.45, 2.75) is 38.4 Å². The van der Waals surface area contributed by atoms with E-state index in [9.17, 15) is 9.59 Å². The Kier molecular flexibility index (Phi) is 5.62. The first kappa shape index (κ1) is 22.0. The Labute approximate surface area is 202 Å². The summed E-state index contributed by atoms with van der Waals surface area (Å²) in [6.45, 7) is 5.84. The molecule has 0 atom stereocenters. The molecule has 8 nitrogen and oxygen atoms in total. The van der Waals surface area contributed by atoms with E-state index in [1.165, 1.54) is 5.56 Å². The highest BCUT2D eigenvalue weighted by Crippen LogP contribution is 2.30. The van der Waals surface area contributed by atoms with Crippen molar-refractivity contribution >= 4 is 27.7 Å². The molecule has 180 valence electrons. The molecule has 2 N–H and O–H groups in total. The van der Waals surface area contributed by atoms with Gasteiger partial charge in [0.25, 0.3) is 11.5 Å². The molecule has 2 aromatic heterocycles. The molecule has 1 amide bonds. The maximum absolute atomic E-state index is 13.3. The third-order valence-corrected chi connectivity index (χ3v) is 7.23. The Morgan fingerprint density at radius 3 is 2.69 bits per heavy atom. The summed E-state index contributed by atoms with van der Waals surface area (Å²) in [5, 5.41) is 9.17. The topological polar surface area (TPSA) is 92.2 Å². The number of pyridine rings is 1. The quantitative estimate of drug-likeness (QED) is 0.467. The summed E-state index contributed by atoms with van der Waals surface area (Å²) >= 11 is 0. The monoisotopic (exact) mass is 471 g/mol. The second kappa shape index (κ2) is 8.94. The summed E-state index contributed by atoms with van der Waals surface area (Å²) in [6, 6.07) is 14.5. The van der Waals surface area contributed by atoms with Crippen LogP contribution in [0.25, 0.3) is 21.8 Å². The SMILES string of the molecule is Cc1cc2[nH]c(=O)c3cnn(C4CCOCC4)c3c2cc1C(=O)NC1CN(Cc2ccccc2)C1. The van der Waals surface area contributed by atoms with Crippen molar-refractivity contribution in [3.63, 3.8) is 0 Å². The molecule has 4 aromatic rings. The predicted molar refractivity (Wildman–Crippen MR) is 135 cm³/mol. The molecule has 0 aliphatic carbocycles. The van der Waals surface area contributed by atoms with Gasteiger partial charge in [-0.1, -0.05) is 30.3 Å². The molecular formula is C27H29N5O3. The zero-order valence-corrected chi connectivity index (χ0v) is 19.8. The van der Waals surface area contributed by atoms with Crippen molar-refractivity contribution in [3.8, 4) is 0 Å². The summed E-state index contributed by atoms with van der Waals surface area (Å²) in [6.07, 6.45) is 3.34. The first-order valence-electron chi connectivity index (χ1n) is 12.3. The van der Waals surface area contributed by atoms with Crippen molar-refractivity contribution in [3.05, 3.63) is 75.7 Å². The second-order valence-corrected chi connectivity index (χ2v) is 9.71. The number of likely N-dealkylation sites (tertiary alicyclic amines) is 1. The first-order valence-corrected chi connectivity index (χ1v) is 12.3. The molecule has 0 unspecified atom stereocenters. The molecule has 0 radical (unpaired) electrons. The van der Waals surface area contributed by atoms with Crippen LogP contribution in [0.1, 0.15) is 40.4 Å². The number of nitrogens with one attached hydrogen (secondary N) is 2. The standard InChI is InChI=1S/C27H29N5O3/c1-17-11-24-22(25-23(27(34)30-24)13-28-32(25)20-7-9-35-10-8-20)12-21(17)26(33)29-19-15-31(16-19)14-18-5-3-2-4-6-18/h2-6,11-13,19-20H,7-10,14-16H2,1H3,(H,29,33)(H,30,34). The van der Waals surface area contributed by atoms with Gasteiger partial charge in [-0.3, -0.25) is 19.2 Å². The molecule has 2 aliphatic heterocycles. The van der Waals surface area contributed by atoms with E-state index in [-0.39, 0.29) is 23.6 Å². The largest absolute Gasteiger partial charge is 0.381 e. The lowest BCUT2D eigenvalue weighted by molar-refractivity contribution is 0.0675. The van der Waals surface area contributed by atoms with E-state index in [0.29, 0.717) is 24.2 Å². The number of carbonyl (C=O) groups is 1. The number of ether oxygens (including phenoxy) is 1. The number of H-pyrrole nitrogens is 1. The van der Waals surface area contributed by atoms with Gasteiger partial charge in [0.1, 0.15) is 0 Å². The zero-order valence-electron chi connectivity index (χ0n) is 19.8. The highest BCUT2D eigenvalue weighted by atomic mass is 16.5. The van der Waals surface area contributed by atoms with Crippen LogP contribution in [0.5, 0.6) is 0 Å². The summed E-state index contributed by atoms with van der Waals surface area (Å²) in [5.74, 6) is -0.0785. The summed E-state index contributed by atoms with van der Waals surface area (Å²) < 4.78 is 7.47. The molecular weight excluding hydrogens is 442 g/mol. The van der Waals surface area contributed by atoms with E-state index in [0.717, 1.165) is 54.5 Å². The second-order valence-electron chi connectivity index (χ2n) is 9.71. The smallest absolute Gasteiger partial charge is 0.259 e. The average molecular weight is 472 g/mol. The number of rotatable bonds is 5. The number of nitrogens with zero attached hydrogens (tertiary/aromatic N) is 3. The predicted octanol–water partition coefficient (Wildman–Crippen LogP) is 3.15. The molecule has 2 fully saturated rings. The molecule has 4 heterocycles. The van der Waals surface area contributed by atoms with Crippen LogP contribution in [0.2, 0.25) is 0 Å². The van der Waals surface area contributed by atoms with Crippen molar-refractivity contribution < 1.29 is 9.53 Å². The minimum absolute atomic E-state index is 0.0785. The van der Waals surface area contributed by atoms with Crippen LogP contribution in [0.15, 0.2) is 53.5 Å². The highest BCUT2D eigenvalue weighted by Gasteiger charge is 2.29. The van der Waals surface area contributed by atoms with Crippen LogP contribution in [0.4, 0.5) is 0 Å². The number of carbonyl (C=O) groups excluding carboxylic acids is 1. The maximum atomic E-state index is 13.3. The Morgan fingerprint density at radius 1 is 1.14 bits per heavy atom. The van der Waals surface area contributed by atoms with Crippen LogP contribution < -0.4 is 10.9 Å². The van der Waals surface area contributed by atoms with Crippen molar-refractivity contribution in [2.75, 3.05) is 26.3 Å². The number of aromatic amines is 1. The number of amides is 1. The molecule has 2 saturated heterocycles. The van der Waals surface area contributed by atoms with Crippen LogP contribution in [0, 0.1) is 6.92 Å². The number of fused-ring (bicyclic) bond motifs is 3. The minimum atomic E-state index is -0.157. The number of aryl methyl sites for hydroxylation is 1. The molecule has 2 aliphatic rings. The number of hydrogen-bond donors (Lipinski definition) is 2. The highest BCUT2D eigenvalue weighted by molar-refractivity contribution is 6.07. The van der Waals surface area contributed by atoms with E-state index < -0.39 is 0 Å². The molecule has 0 spiro atoms. The summed E-state index contributed by atoms with van der Waals surface area (Å²) in [4.78, 5) is 31.3. The first-order chi connectivity index (χ1) is 17.1. The van der Waals surface area contributed by atoms with Crippen molar-refractivity contribution in [1.29, 1.82) is 0 Å². The van der Waals surface area contributed by atoms with Gasteiger partial charge in [-0.05, 0) is 43.0 Å². The van der Waals surface area contributed by atoms with Gasteiger partial charge < -0.3 is 15.0 Å². The minimum Gasteiger partial charge on any atom is -0.381 e. The van der Waals surface area contributed by atoms with Gasteiger partial charge in [-0.15, -0.1) is 0 Å². The lowest BCUT2D eigenvalue weighted by atomic mass is 10.0. The zero-order chi connectivity index (χ0) is 23.9. The van der Waals surface area contributed by atoms with Gasteiger partial charge in [0, 0.05) is 43.8 Å². The molecule has 35 heavy (non-hydrogen) atoms. The number of hydrogen-bond acceptors (Lipinski definition) is 5. The lowest BCUT2D eigenvalue weighted by Gasteiger charge is -2.39. The fourth-order valence-corrected chi connectivity index (χ4v) is 5.34. The molecule has 0 bridgehead atoms. The Balaban J connectivity index is 1.27. The molecule has 2 aromatic carbocycles. The van der Waals surface area contributed by atoms with E-state index in [2.05, 4.69) is 44.6 Å². The van der Waals surface area contributed by atoms with Crippen LogP contribution in [0.3, 0.4) is 0 Å². The van der Waals surface area contributed by atoms with Gasteiger partial charge in [-0.2, -0.15) is 5.10 Å². The maximum Gasteiger partial charge on any atom is 0.259 e. The Morgan fingerprint density at radius 2 is 1.91 bits per heavy atom. The van der Waals surface area contributed by atoms with E-state index in [1.807, 2.05) is 29.8 Å². The van der Waals surface area contributed by atoms with Crippen molar-refractivity contribution in [1.82, 2.24) is 25.0 Å². The van der Waals surface area contributed by atoms with Crippen LogP contribution >= 0.6 is 0 Å². The van der Waals surface area contributed by atoms with Gasteiger partial charge >= 0.3 is 0 Å².